The van der Waals surface area contributed by atoms with Gasteiger partial charge in [0.05, 0.1) is 27.9 Å². The van der Waals surface area contributed by atoms with E-state index >= 15 is 0 Å². The van der Waals surface area contributed by atoms with Crippen LogP contribution in [0.4, 0.5) is 0 Å². The van der Waals surface area contributed by atoms with Crippen molar-refractivity contribution in [2.45, 2.75) is 0 Å². The average Bonchev–Trinajstić information content (AvgIpc) is 3.71. The smallest absolute Gasteiger partial charge is 0.222 e. The van der Waals surface area contributed by atoms with Gasteiger partial charge in [-0.25, -0.2) is 0 Å². The zero-order chi connectivity index (χ0) is 28.3. The highest BCUT2D eigenvalue weighted by molar-refractivity contribution is 6.09. The van der Waals surface area contributed by atoms with E-state index in [1.165, 1.54) is 5.39 Å². The van der Waals surface area contributed by atoms with Crippen LogP contribution in [-0.2, 0) is 0 Å². The molecule has 0 aliphatic carbocycles. The molecule has 6 heteroatoms. The van der Waals surface area contributed by atoms with Crippen LogP contribution in [0.2, 0.25) is 0 Å². The van der Waals surface area contributed by atoms with Gasteiger partial charge >= 0.3 is 0 Å². The summed E-state index contributed by atoms with van der Waals surface area (Å²) in [5.74, 6) is 0.877. The van der Waals surface area contributed by atoms with Gasteiger partial charge in [0.25, 0.3) is 0 Å². The molecule has 0 saturated heterocycles. The summed E-state index contributed by atoms with van der Waals surface area (Å²) in [5.41, 5.74) is 11.4. The van der Waals surface area contributed by atoms with Gasteiger partial charge in [0.2, 0.25) is 5.78 Å². The van der Waals surface area contributed by atoms with Gasteiger partial charge in [-0.1, -0.05) is 72.8 Å². The maximum Gasteiger partial charge on any atom is 0.222 e. The first-order valence-electron chi connectivity index (χ1n) is 14.3. The van der Waals surface area contributed by atoms with Crippen LogP contribution < -0.4 is 0 Å². The largest absolute Gasteiger partial charge is 0.292 e. The molecule has 0 unspecified atom stereocenters. The third-order valence-corrected chi connectivity index (χ3v) is 8.16. The van der Waals surface area contributed by atoms with Crippen LogP contribution in [0.3, 0.4) is 0 Å². The molecule has 5 heterocycles. The van der Waals surface area contributed by atoms with Crippen molar-refractivity contribution in [1.29, 1.82) is 0 Å². The first-order chi connectivity index (χ1) is 21.3. The fourth-order valence-corrected chi connectivity index (χ4v) is 6.24. The minimum atomic E-state index is 0.855. The Balaban J connectivity index is 1.32. The molecule has 202 valence electrons. The lowest BCUT2D eigenvalue weighted by Crippen LogP contribution is -1.97. The van der Waals surface area contributed by atoms with E-state index in [0.29, 0.717) is 0 Å². The van der Waals surface area contributed by atoms with Crippen molar-refractivity contribution in [3.8, 4) is 33.9 Å². The molecule has 0 atom stereocenters. The standard InChI is InChI=1S/C37H24N6/c1-3-11-27(12-4-1)41-32-17-8-7-15-29(32)35-36(41)40-37-42(28-13-5-2-6-14-28)34-23-25(19-21-33(34)43(35)37)26-18-20-31(39-24-26)30-16-9-10-22-38-30/h1-24H. The van der Waals surface area contributed by atoms with Crippen molar-refractivity contribution >= 4 is 38.9 Å². The second-order valence-corrected chi connectivity index (χ2v) is 10.6. The SMILES string of the molecule is c1ccc(-n2c3ccccc3c3c2nc2n(-c4ccccc4)c4cc(-c5ccc(-c6ccccn6)nc5)ccc4n32)cc1. The molecule has 9 rings (SSSR count). The normalized spacial score (nSPS) is 11.7. The number of hydrogen-bond donors (Lipinski definition) is 0. The van der Waals surface area contributed by atoms with E-state index in [1.54, 1.807) is 6.20 Å². The first-order valence-corrected chi connectivity index (χ1v) is 14.3. The molecule has 43 heavy (non-hydrogen) atoms. The van der Waals surface area contributed by atoms with Gasteiger partial charge in [-0.2, -0.15) is 4.98 Å². The number of hydrogen-bond acceptors (Lipinski definition) is 3. The van der Waals surface area contributed by atoms with Gasteiger partial charge in [-0.15, -0.1) is 0 Å². The van der Waals surface area contributed by atoms with Crippen LogP contribution in [0.1, 0.15) is 0 Å². The Labute approximate surface area is 246 Å². The molecule has 0 saturated carbocycles. The number of rotatable bonds is 4. The Morgan fingerprint density at radius 3 is 1.93 bits per heavy atom. The van der Waals surface area contributed by atoms with Gasteiger partial charge in [-0.3, -0.25) is 23.5 Å². The minimum absolute atomic E-state index is 0.855. The molecule has 9 aromatic rings. The minimum Gasteiger partial charge on any atom is -0.292 e. The third-order valence-electron chi connectivity index (χ3n) is 8.16. The molecule has 0 radical (unpaired) electrons. The summed E-state index contributed by atoms with van der Waals surface area (Å²) in [4.78, 5) is 14.5. The van der Waals surface area contributed by atoms with E-state index in [-0.39, 0.29) is 0 Å². The highest BCUT2D eigenvalue weighted by Gasteiger charge is 2.23. The molecule has 6 nitrogen and oxygen atoms in total. The van der Waals surface area contributed by atoms with Gasteiger partial charge in [0.15, 0.2) is 5.65 Å². The Hall–Kier alpha value is -6.01. The maximum atomic E-state index is 5.36. The first kappa shape index (κ1) is 23.7. The lowest BCUT2D eigenvalue weighted by Gasteiger charge is -2.08. The Bertz CT molecular complexity index is 2420. The average molecular weight is 553 g/mol. The summed E-state index contributed by atoms with van der Waals surface area (Å²) in [6, 6.07) is 46.2. The van der Waals surface area contributed by atoms with E-state index in [9.17, 15) is 0 Å². The van der Waals surface area contributed by atoms with Crippen molar-refractivity contribution in [2.75, 3.05) is 0 Å². The number of nitrogens with zero attached hydrogens (tertiary/aromatic N) is 6. The highest BCUT2D eigenvalue weighted by atomic mass is 15.2. The van der Waals surface area contributed by atoms with E-state index in [0.717, 1.165) is 67.4 Å². The zero-order valence-corrected chi connectivity index (χ0v) is 23.0. The van der Waals surface area contributed by atoms with Gasteiger partial charge < -0.3 is 0 Å². The van der Waals surface area contributed by atoms with Gasteiger partial charge in [0, 0.05) is 34.7 Å². The van der Waals surface area contributed by atoms with E-state index < -0.39 is 0 Å². The number of imidazole rings is 2. The molecule has 4 aromatic carbocycles. The number of para-hydroxylation sites is 3. The fourth-order valence-electron chi connectivity index (χ4n) is 6.24. The van der Waals surface area contributed by atoms with Crippen LogP contribution in [0.25, 0.3) is 72.8 Å². The number of pyridine rings is 2. The second-order valence-electron chi connectivity index (χ2n) is 10.6. The van der Waals surface area contributed by atoms with Crippen LogP contribution in [0.15, 0.2) is 146 Å². The van der Waals surface area contributed by atoms with Crippen molar-refractivity contribution in [3.63, 3.8) is 0 Å². The molecule has 0 aliphatic heterocycles. The molecular weight excluding hydrogens is 528 g/mol. The number of fused-ring (bicyclic) bond motifs is 7. The number of aromatic nitrogens is 6. The monoisotopic (exact) mass is 552 g/mol. The summed E-state index contributed by atoms with van der Waals surface area (Å²) in [6.07, 6.45) is 3.72. The van der Waals surface area contributed by atoms with Crippen LogP contribution >= 0.6 is 0 Å². The maximum absolute atomic E-state index is 5.36. The lowest BCUT2D eigenvalue weighted by molar-refractivity contribution is 1.09. The van der Waals surface area contributed by atoms with Crippen molar-refractivity contribution < 1.29 is 0 Å². The van der Waals surface area contributed by atoms with Crippen LogP contribution in [0.5, 0.6) is 0 Å². The quantitative estimate of drug-likeness (QED) is 0.220. The summed E-state index contributed by atoms with van der Waals surface area (Å²) in [5, 5.41) is 1.17. The molecule has 0 N–H and O–H groups in total. The van der Waals surface area contributed by atoms with Gasteiger partial charge in [0.1, 0.15) is 5.52 Å². The summed E-state index contributed by atoms with van der Waals surface area (Å²) >= 11 is 0. The predicted molar refractivity (Wildman–Crippen MR) is 173 cm³/mol. The summed E-state index contributed by atoms with van der Waals surface area (Å²) in [6.45, 7) is 0. The number of benzene rings is 4. The lowest BCUT2D eigenvalue weighted by atomic mass is 10.1. The molecule has 5 aromatic heterocycles. The molecular formula is C37H24N6. The van der Waals surface area contributed by atoms with Crippen LogP contribution in [0, 0.1) is 0 Å². The van der Waals surface area contributed by atoms with E-state index in [1.807, 2.05) is 42.6 Å². The third kappa shape index (κ3) is 3.57. The molecule has 0 spiro atoms. The second kappa shape index (κ2) is 9.26. The van der Waals surface area contributed by atoms with Crippen molar-refractivity contribution in [3.05, 3.63) is 146 Å². The zero-order valence-electron chi connectivity index (χ0n) is 23.0. The molecule has 0 aliphatic rings. The van der Waals surface area contributed by atoms with Crippen molar-refractivity contribution in [1.82, 2.24) is 28.5 Å². The topological polar surface area (TPSA) is 52.9 Å². The van der Waals surface area contributed by atoms with E-state index in [4.69, 9.17) is 9.97 Å². The van der Waals surface area contributed by atoms with Crippen molar-refractivity contribution in [2.24, 2.45) is 0 Å². The fraction of sp³-hybridized carbons (Fsp3) is 0. The van der Waals surface area contributed by atoms with Crippen LogP contribution in [-0.4, -0.2) is 28.5 Å². The molecule has 0 bridgehead atoms. The summed E-state index contributed by atoms with van der Waals surface area (Å²) < 4.78 is 6.84. The Morgan fingerprint density at radius 1 is 0.488 bits per heavy atom. The Kier molecular flexibility index (Phi) is 5.10. The van der Waals surface area contributed by atoms with Gasteiger partial charge in [-0.05, 0) is 66.2 Å². The predicted octanol–water partition coefficient (Wildman–Crippen LogP) is 8.50. The molecule has 0 fully saturated rings. The Morgan fingerprint density at radius 2 is 1.19 bits per heavy atom. The summed E-state index contributed by atoms with van der Waals surface area (Å²) in [7, 11) is 0. The highest BCUT2D eigenvalue weighted by Crippen LogP contribution is 2.37. The molecule has 0 amide bonds. The van der Waals surface area contributed by atoms with E-state index in [2.05, 4.69) is 116 Å².